The fourth-order valence-electron chi connectivity index (χ4n) is 6.07. The molecule has 2 aliphatic heterocycles. The quantitative estimate of drug-likeness (QED) is 0.520. The Bertz CT molecular complexity index is 1170. The van der Waals surface area contributed by atoms with Crippen LogP contribution in [-0.4, -0.2) is 65.5 Å². The molecule has 1 unspecified atom stereocenters. The summed E-state index contributed by atoms with van der Waals surface area (Å²) < 4.78 is 74.7. The molecule has 2 saturated heterocycles. The van der Waals surface area contributed by atoms with Crippen molar-refractivity contribution in [2.45, 2.75) is 75.5 Å². The molecule has 1 saturated carbocycles. The summed E-state index contributed by atoms with van der Waals surface area (Å²) in [6, 6.07) is 1.41. The topological polar surface area (TPSA) is 97.8 Å². The molecule has 0 radical (unpaired) electrons. The maximum Gasteiger partial charge on any atom is 0.393 e. The maximum absolute atomic E-state index is 13.7. The minimum absolute atomic E-state index is 0.0362. The van der Waals surface area contributed by atoms with Crippen molar-refractivity contribution in [3.05, 3.63) is 23.7 Å². The lowest BCUT2D eigenvalue weighted by Crippen LogP contribution is -2.47. The average molecular weight is 559 g/mol. The minimum atomic E-state index is -4.40. The number of piperidine rings is 1. The molecule has 13 heteroatoms. The number of amides is 1. The van der Waals surface area contributed by atoms with Gasteiger partial charge in [0.2, 0.25) is 11.8 Å². The molecule has 8 nitrogen and oxygen atoms in total. The highest BCUT2D eigenvalue weighted by Gasteiger charge is 2.45. The van der Waals surface area contributed by atoms with E-state index in [1.165, 1.54) is 4.52 Å². The van der Waals surface area contributed by atoms with Gasteiger partial charge < -0.3 is 20.7 Å². The van der Waals surface area contributed by atoms with E-state index in [-0.39, 0.29) is 37.6 Å². The van der Waals surface area contributed by atoms with Gasteiger partial charge in [-0.2, -0.15) is 18.3 Å². The lowest BCUT2D eigenvalue weighted by molar-refractivity contribution is -0.183. The molecule has 1 aliphatic carbocycles. The Morgan fingerprint density at radius 2 is 1.92 bits per heavy atom. The first kappa shape index (κ1) is 28.0. The van der Waals surface area contributed by atoms with Gasteiger partial charge >= 0.3 is 6.18 Å². The molecule has 5 rings (SSSR count). The van der Waals surface area contributed by atoms with Crippen LogP contribution in [0.3, 0.4) is 0 Å². The predicted octanol–water partition coefficient (Wildman–Crippen LogP) is 4.03. The van der Waals surface area contributed by atoms with Gasteiger partial charge in [-0.25, -0.2) is 18.3 Å². The number of rotatable bonds is 6. The van der Waals surface area contributed by atoms with Gasteiger partial charge in [-0.1, -0.05) is 0 Å². The molecule has 39 heavy (non-hydrogen) atoms. The van der Waals surface area contributed by atoms with Crippen LogP contribution >= 0.6 is 0 Å². The summed E-state index contributed by atoms with van der Waals surface area (Å²) in [7, 11) is 1.91. The number of ether oxygens (including phenoxy) is 1. The van der Waals surface area contributed by atoms with Crippen LogP contribution in [0.25, 0.3) is 5.65 Å². The molecule has 0 spiro atoms. The molecule has 1 amide bonds. The molecular weight excluding hydrogens is 523 g/mol. The number of fused-ring (bicyclic) bond motifs is 1. The van der Waals surface area contributed by atoms with E-state index in [0.29, 0.717) is 48.8 Å². The fourth-order valence-corrected chi connectivity index (χ4v) is 6.07. The van der Waals surface area contributed by atoms with Crippen molar-refractivity contribution in [3.63, 3.8) is 0 Å². The molecule has 4 heterocycles. The Kier molecular flexibility index (Phi) is 7.75. The molecule has 3 N–H and O–H groups in total. The number of nitrogens with zero attached hydrogens (tertiary/aromatic N) is 4. The van der Waals surface area contributed by atoms with Gasteiger partial charge in [0.25, 0.3) is 0 Å². The van der Waals surface area contributed by atoms with Crippen molar-refractivity contribution in [3.8, 4) is 0 Å². The van der Waals surface area contributed by atoms with E-state index in [0.717, 1.165) is 12.8 Å². The lowest BCUT2D eigenvalue weighted by atomic mass is 9.81. The third-order valence-corrected chi connectivity index (χ3v) is 8.62. The number of halogens is 5. The number of hydrogen-bond donors (Lipinski definition) is 2. The van der Waals surface area contributed by atoms with Gasteiger partial charge in [0.1, 0.15) is 0 Å². The molecule has 216 valence electrons. The Labute approximate surface area is 223 Å². The number of nitrogens with one attached hydrogen (secondary N) is 1. The van der Waals surface area contributed by atoms with E-state index in [1.54, 1.807) is 6.20 Å². The van der Waals surface area contributed by atoms with Gasteiger partial charge in [0, 0.05) is 64.1 Å². The summed E-state index contributed by atoms with van der Waals surface area (Å²) in [5.74, 6) is -5.71. The Balaban J connectivity index is 1.45. The number of alkyl halides is 5. The number of carbonyl (C=O) groups excluding carboxylic acids is 1. The smallest absolute Gasteiger partial charge is 0.381 e. The second kappa shape index (κ2) is 10.8. The molecule has 2 aromatic heterocycles. The maximum atomic E-state index is 13.7. The summed E-state index contributed by atoms with van der Waals surface area (Å²) in [5, 5.41) is 7.14. The largest absolute Gasteiger partial charge is 0.393 e. The standard InChI is InChI=1S/C26H35F5N6O2/c1-36(18-4-8-39-9-5-18)21-12-22-34-20(23(32)15-2-6-25(27,28)7-3-15)14-37(22)35-19(21)11-16-10-17(26(29,30)31)13-33-24(16)38/h12,14-18,23H,2-11,13,32H2,1H3,(H,33,38)/t16?,17-,23+/m1/s1. The fraction of sp³-hybridized carbons (Fsp3) is 0.731. The van der Waals surface area contributed by atoms with Crippen molar-refractivity contribution in [2.75, 3.05) is 31.7 Å². The number of imidazole rings is 1. The van der Waals surface area contributed by atoms with E-state index in [2.05, 4.69) is 10.3 Å². The van der Waals surface area contributed by atoms with Crippen molar-refractivity contribution in [1.29, 1.82) is 0 Å². The molecule has 2 aromatic rings. The van der Waals surface area contributed by atoms with Crippen LogP contribution in [0.1, 0.15) is 62.4 Å². The number of carbonyl (C=O) groups is 1. The monoisotopic (exact) mass is 558 g/mol. The highest BCUT2D eigenvalue weighted by molar-refractivity contribution is 5.80. The summed E-state index contributed by atoms with van der Waals surface area (Å²) in [5.41, 5.74) is 8.69. The first-order valence-corrected chi connectivity index (χ1v) is 13.6. The van der Waals surface area contributed by atoms with E-state index < -0.39 is 42.4 Å². The normalized spacial score (nSPS) is 26.0. The Morgan fingerprint density at radius 1 is 1.23 bits per heavy atom. The summed E-state index contributed by atoms with van der Waals surface area (Å²) in [6.45, 7) is 0.776. The molecular formula is C26H35F5N6O2. The first-order valence-electron chi connectivity index (χ1n) is 13.6. The molecule has 3 atom stereocenters. The van der Waals surface area contributed by atoms with Crippen LogP contribution in [0, 0.1) is 17.8 Å². The van der Waals surface area contributed by atoms with Gasteiger partial charge in [0.15, 0.2) is 5.65 Å². The van der Waals surface area contributed by atoms with E-state index in [9.17, 15) is 26.7 Å². The number of anilines is 1. The SMILES string of the molecule is CN(c1cc2nc([C@@H](N)C3CCC(F)(F)CC3)cn2nc1CC1C[C@@H](C(F)(F)F)CNC1=O)C1CCOCC1. The van der Waals surface area contributed by atoms with Crippen LogP contribution in [0.15, 0.2) is 12.3 Å². The molecule has 0 bridgehead atoms. The van der Waals surface area contributed by atoms with Gasteiger partial charge in [-0.3, -0.25) is 4.79 Å². The van der Waals surface area contributed by atoms with E-state index >= 15 is 0 Å². The number of hydrogen-bond acceptors (Lipinski definition) is 6. The molecule has 3 aliphatic rings. The second-order valence-electron chi connectivity index (χ2n) is 11.2. The highest BCUT2D eigenvalue weighted by atomic mass is 19.4. The third-order valence-electron chi connectivity index (χ3n) is 8.62. The molecule has 0 aromatic carbocycles. The second-order valence-corrected chi connectivity index (χ2v) is 11.2. The van der Waals surface area contributed by atoms with Crippen molar-refractivity contribution < 1.29 is 31.5 Å². The zero-order valence-corrected chi connectivity index (χ0v) is 21.9. The molecule has 3 fully saturated rings. The van der Waals surface area contributed by atoms with Gasteiger partial charge in [-0.15, -0.1) is 0 Å². The Hall–Kier alpha value is -2.54. The van der Waals surface area contributed by atoms with Crippen LogP contribution in [0.2, 0.25) is 0 Å². The van der Waals surface area contributed by atoms with Crippen LogP contribution < -0.4 is 16.0 Å². The van der Waals surface area contributed by atoms with E-state index in [1.807, 2.05) is 18.0 Å². The predicted molar refractivity (Wildman–Crippen MR) is 133 cm³/mol. The van der Waals surface area contributed by atoms with Crippen molar-refractivity contribution in [1.82, 2.24) is 19.9 Å². The number of aromatic nitrogens is 3. The average Bonchev–Trinajstić information content (AvgIpc) is 3.31. The van der Waals surface area contributed by atoms with Crippen LogP contribution in [0.4, 0.5) is 27.6 Å². The summed E-state index contributed by atoms with van der Waals surface area (Å²) in [4.78, 5) is 19.3. The number of nitrogens with two attached hydrogens (primary N) is 1. The lowest BCUT2D eigenvalue weighted by Gasteiger charge is -2.35. The van der Waals surface area contributed by atoms with Crippen molar-refractivity contribution >= 4 is 17.2 Å². The minimum Gasteiger partial charge on any atom is -0.381 e. The zero-order chi connectivity index (χ0) is 27.9. The van der Waals surface area contributed by atoms with Gasteiger partial charge in [-0.05, 0) is 38.0 Å². The third kappa shape index (κ3) is 6.13. The highest BCUT2D eigenvalue weighted by Crippen LogP contribution is 2.41. The van der Waals surface area contributed by atoms with Crippen LogP contribution in [-0.2, 0) is 16.0 Å². The Morgan fingerprint density at radius 3 is 2.59 bits per heavy atom. The van der Waals surface area contributed by atoms with Crippen molar-refractivity contribution in [2.24, 2.45) is 23.5 Å². The zero-order valence-electron chi connectivity index (χ0n) is 21.9. The summed E-state index contributed by atoms with van der Waals surface area (Å²) >= 11 is 0. The van der Waals surface area contributed by atoms with E-state index in [4.69, 9.17) is 15.6 Å². The summed E-state index contributed by atoms with van der Waals surface area (Å²) in [6.07, 6.45) is -1.26. The first-order chi connectivity index (χ1) is 18.4. The van der Waals surface area contributed by atoms with Crippen LogP contribution in [0.5, 0.6) is 0 Å². The van der Waals surface area contributed by atoms with Gasteiger partial charge in [0.05, 0.1) is 35.2 Å².